The maximum absolute atomic E-state index is 12.3. The van der Waals surface area contributed by atoms with E-state index in [9.17, 15) is 9.59 Å². The van der Waals surface area contributed by atoms with E-state index < -0.39 is 11.4 Å². The Morgan fingerprint density at radius 2 is 1.89 bits per heavy atom. The van der Waals surface area contributed by atoms with Crippen molar-refractivity contribution in [2.45, 2.75) is 51.7 Å². The van der Waals surface area contributed by atoms with Crippen molar-refractivity contribution in [2.24, 2.45) is 5.41 Å². The molecule has 4 nitrogen and oxygen atoms in total. The largest absolute Gasteiger partial charge is 0.481 e. The van der Waals surface area contributed by atoms with E-state index in [-0.39, 0.29) is 17.1 Å². The zero-order valence-corrected chi connectivity index (χ0v) is 13.2. The molecule has 1 saturated heterocycles. The van der Waals surface area contributed by atoms with E-state index in [0.29, 0.717) is 6.42 Å². The van der Waals surface area contributed by atoms with Crippen molar-refractivity contribution in [2.75, 3.05) is 18.8 Å². The molecule has 1 aliphatic rings. The smallest absolute Gasteiger partial charge is 0.303 e. The van der Waals surface area contributed by atoms with Crippen LogP contribution in [0.2, 0.25) is 0 Å². The minimum absolute atomic E-state index is 0.0345. The predicted molar refractivity (Wildman–Crippen MR) is 78.4 cm³/mol. The molecular formula is C14H25NO3S. The molecule has 0 aromatic carbocycles. The highest BCUT2D eigenvalue weighted by Crippen LogP contribution is 2.32. The third kappa shape index (κ3) is 5.85. The van der Waals surface area contributed by atoms with Gasteiger partial charge in [-0.2, -0.15) is 11.8 Å². The topological polar surface area (TPSA) is 57.6 Å². The number of hydrogen-bond donors (Lipinski definition) is 1. The molecule has 1 fully saturated rings. The SMILES string of the molecule is CC(C)(CC(=O)O)CC(=O)N1CCSC(C)(C)CC1. The number of amides is 1. The zero-order valence-electron chi connectivity index (χ0n) is 12.4. The molecule has 5 heteroatoms. The minimum atomic E-state index is -0.842. The molecule has 19 heavy (non-hydrogen) atoms. The van der Waals surface area contributed by atoms with E-state index >= 15 is 0 Å². The second-order valence-corrected chi connectivity index (χ2v) is 8.45. The van der Waals surface area contributed by atoms with Gasteiger partial charge in [-0.3, -0.25) is 9.59 Å². The fourth-order valence-electron chi connectivity index (χ4n) is 2.26. The molecule has 0 atom stereocenters. The van der Waals surface area contributed by atoms with Gasteiger partial charge in [-0.05, 0) is 11.8 Å². The number of thioether (sulfide) groups is 1. The van der Waals surface area contributed by atoms with Crippen molar-refractivity contribution < 1.29 is 14.7 Å². The van der Waals surface area contributed by atoms with E-state index in [1.165, 1.54) is 0 Å². The summed E-state index contributed by atoms with van der Waals surface area (Å²) in [6.45, 7) is 9.66. The molecule has 110 valence electrons. The van der Waals surface area contributed by atoms with Gasteiger partial charge in [0.25, 0.3) is 0 Å². The quantitative estimate of drug-likeness (QED) is 0.863. The Kier molecular flexibility index (Phi) is 5.30. The molecule has 0 bridgehead atoms. The first-order chi connectivity index (χ1) is 8.61. The Morgan fingerprint density at radius 1 is 1.26 bits per heavy atom. The van der Waals surface area contributed by atoms with Gasteiger partial charge >= 0.3 is 5.97 Å². The van der Waals surface area contributed by atoms with Crippen LogP contribution in [0.3, 0.4) is 0 Å². The van der Waals surface area contributed by atoms with Gasteiger partial charge in [-0.15, -0.1) is 0 Å². The summed E-state index contributed by atoms with van der Waals surface area (Å²) in [6, 6.07) is 0. The van der Waals surface area contributed by atoms with Crippen LogP contribution in [0.25, 0.3) is 0 Å². The fraction of sp³-hybridized carbons (Fsp3) is 0.857. The fourth-order valence-corrected chi connectivity index (χ4v) is 3.36. The Bertz CT molecular complexity index is 353. The molecule has 1 rings (SSSR count). The highest BCUT2D eigenvalue weighted by molar-refractivity contribution is 8.00. The van der Waals surface area contributed by atoms with Crippen molar-refractivity contribution >= 4 is 23.6 Å². The van der Waals surface area contributed by atoms with Gasteiger partial charge in [0.2, 0.25) is 5.91 Å². The van der Waals surface area contributed by atoms with Gasteiger partial charge in [0.15, 0.2) is 0 Å². The number of rotatable bonds is 4. The summed E-state index contributed by atoms with van der Waals surface area (Å²) in [5, 5.41) is 8.86. The summed E-state index contributed by atoms with van der Waals surface area (Å²) < 4.78 is 0.228. The zero-order chi connectivity index (χ0) is 14.7. The minimum Gasteiger partial charge on any atom is -0.481 e. The Morgan fingerprint density at radius 3 is 2.47 bits per heavy atom. The van der Waals surface area contributed by atoms with Gasteiger partial charge in [0.1, 0.15) is 0 Å². The molecule has 0 saturated carbocycles. The maximum Gasteiger partial charge on any atom is 0.303 e. The maximum atomic E-state index is 12.3. The lowest BCUT2D eigenvalue weighted by Crippen LogP contribution is -2.36. The summed E-state index contributed by atoms with van der Waals surface area (Å²) in [5.74, 6) is 0.202. The Hall–Kier alpha value is -0.710. The average molecular weight is 287 g/mol. The first-order valence-corrected chi connectivity index (χ1v) is 7.73. The normalized spacial score (nSPS) is 19.9. The van der Waals surface area contributed by atoms with Crippen LogP contribution in [0.1, 0.15) is 47.0 Å². The van der Waals surface area contributed by atoms with Crippen LogP contribution < -0.4 is 0 Å². The lowest BCUT2D eigenvalue weighted by Gasteiger charge is -2.27. The summed E-state index contributed by atoms with van der Waals surface area (Å²) in [5.41, 5.74) is -0.474. The predicted octanol–water partition coefficient (Wildman–Crippen LogP) is 2.62. The van der Waals surface area contributed by atoms with Crippen LogP contribution in [0.5, 0.6) is 0 Å². The summed E-state index contributed by atoms with van der Waals surface area (Å²) in [4.78, 5) is 25.0. The molecule has 1 aliphatic heterocycles. The molecular weight excluding hydrogens is 262 g/mol. The number of hydrogen-bond acceptors (Lipinski definition) is 3. The molecule has 1 heterocycles. The number of carboxylic acid groups (broad SMARTS) is 1. The van der Waals surface area contributed by atoms with E-state index in [1.54, 1.807) is 0 Å². The molecule has 0 aromatic heterocycles. The van der Waals surface area contributed by atoms with Crippen molar-refractivity contribution in [3.63, 3.8) is 0 Å². The molecule has 0 aliphatic carbocycles. The molecule has 0 spiro atoms. The molecule has 0 unspecified atom stereocenters. The highest BCUT2D eigenvalue weighted by atomic mass is 32.2. The van der Waals surface area contributed by atoms with Gasteiger partial charge < -0.3 is 10.0 Å². The first kappa shape index (κ1) is 16.3. The average Bonchev–Trinajstić information content (AvgIpc) is 2.36. The van der Waals surface area contributed by atoms with Crippen LogP contribution in [0.4, 0.5) is 0 Å². The van der Waals surface area contributed by atoms with Crippen molar-refractivity contribution in [1.82, 2.24) is 4.90 Å². The highest BCUT2D eigenvalue weighted by Gasteiger charge is 2.30. The molecule has 0 radical (unpaired) electrons. The first-order valence-electron chi connectivity index (χ1n) is 6.75. The van der Waals surface area contributed by atoms with Gasteiger partial charge in [0.05, 0.1) is 6.42 Å². The summed E-state index contributed by atoms with van der Waals surface area (Å²) in [7, 11) is 0. The van der Waals surface area contributed by atoms with E-state index in [4.69, 9.17) is 5.11 Å². The molecule has 0 aromatic rings. The third-order valence-corrected chi connectivity index (χ3v) is 4.82. The number of carbonyl (C=O) groups is 2. The van der Waals surface area contributed by atoms with Gasteiger partial charge in [0, 0.05) is 30.0 Å². The number of carboxylic acids is 1. The van der Waals surface area contributed by atoms with Gasteiger partial charge in [-0.25, -0.2) is 0 Å². The Labute approximate surface area is 119 Å². The van der Waals surface area contributed by atoms with Crippen molar-refractivity contribution in [3.05, 3.63) is 0 Å². The number of carbonyl (C=O) groups excluding carboxylic acids is 1. The lowest BCUT2D eigenvalue weighted by atomic mass is 9.85. The lowest BCUT2D eigenvalue weighted by molar-refractivity contribution is -0.140. The Balaban J connectivity index is 2.56. The summed E-state index contributed by atoms with van der Waals surface area (Å²) >= 11 is 1.90. The van der Waals surface area contributed by atoms with E-state index in [0.717, 1.165) is 25.3 Å². The summed E-state index contributed by atoms with van der Waals surface area (Å²) in [6.07, 6.45) is 1.33. The second kappa shape index (κ2) is 6.16. The van der Waals surface area contributed by atoms with Crippen LogP contribution in [0, 0.1) is 5.41 Å². The molecule has 1 N–H and O–H groups in total. The van der Waals surface area contributed by atoms with Crippen LogP contribution in [-0.2, 0) is 9.59 Å². The number of nitrogens with zero attached hydrogens (tertiary/aromatic N) is 1. The van der Waals surface area contributed by atoms with Gasteiger partial charge in [-0.1, -0.05) is 27.7 Å². The number of aliphatic carboxylic acids is 1. The van der Waals surface area contributed by atoms with Crippen LogP contribution in [0.15, 0.2) is 0 Å². The molecule has 1 amide bonds. The second-order valence-electron chi connectivity index (χ2n) is 6.65. The standard InChI is InChI=1S/C14H25NO3S/c1-13(2,10-12(17)18)9-11(16)15-6-5-14(3,4)19-8-7-15/h5-10H2,1-4H3,(H,17,18). The van der Waals surface area contributed by atoms with Crippen LogP contribution in [-0.4, -0.2) is 45.5 Å². The van der Waals surface area contributed by atoms with E-state index in [1.807, 2.05) is 30.5 Å². The van der Waals surface area contributed by atoms with E-state index in [2.05, 4.69) is 13.8 Å². The van der Waals surface area contributed by atoms with Crippen molar-refractivity contribution in [3.8, 4) is 0 Å². The monoisotopic (exact) mass is 287 g/mol. The van der Waals surface area contributed by atoms with Crippen LogP contribution >= 0.6 is 11.8 Å². The van der Waals surface area contributed by atoms with Crippen molar-refractivity contribution in [1.29, 1.82) is 0 Å². The third-order valence-electron chi connectivity index (χ3n) is 3.45.